The van der Waals surface area contributed by atoms with E-state index in [1.54, 1.807) is 23.1 Å². The van der Waals surface area contributed by atoms with E-state index in [2.05, 4.69) is 15.5 Å². The SMILES string of the molecule is COC(=O)C1CC2CCCCC2N1C(=O)c1cccc(-n2cnnn2)c1. The molecule has 0 N–H and O–H groups in total. The van der Waals surface area contributed by atoms with Gasteiger partial charge in [-0.15, -0.1) is 5.10 Å². The zero-order chi connectivity index (χ0) is 18.1. The Morgan fingerprint density at radius 2 is 2.08 bits per heavy atom. The van der Waals surface area contributed by atoms with E-state index in [0.29, 0.717) is 23.6 Å². The number of tetrazole rings is 1. The van der Waals surface area contributed by atoms with Crippen molar-refractivity contribution < 1.29 is 14.3 Å². The van der Waals surface area contributed by atoms with Crippen LogP contribution in [-0.4, -0.2) is 56.2 Å². The Labute approximate surface area is 151 Å². The van der Waals surface area contributed by atoms with Gasteiger partial charge in [-0.2, -0.15) is 0 Å². The Morgan fingerprint density at radius 1 is 1.23 bits per heavy atom. The van der Waals surface area contributed by atoms with Crippen LogP contribution in [0, 0.1) is 5.92 Å². The number of hydrogen-bond donors (Lipinski definition) is 0. The second-order valence-electron chi connectivity index (χ2n) is 6.90. The van der Waals surface area contributed by atoms with Crippen LogP contribution in [0.2, 0.25) is 0 Å². The van der Waals surface area contributed by atoms with Gasteiger partial charge >= 0.3 is 5.97 Å². The van der Waals surface area contributed by atoms with E-state index >= 15 is 0 Å². The van der Waals surface area contributed by atoms with Crippen molar-refractivity contribution in [3.8, 4) is 5.69 Å². The number of carbonyl (C=O) groups is 2. The summed E-state index contributed by atoms with van der Waals surface area (Å²) in [6, 6.07) is 6.75. The summed E-state index contributed by atoms with van der Waals surface area (Å²) in [4.78, 5) is 27.4. The highest BCUT2D eigenvalue weighted by Gasteiger charge is 2.48. The van der Waals surface area contributed by atoms with Gasteiger partial charge in [0, 0.05) is 11.6 Å². The van der Waals surface area contributed by atoms with Crippen LogP contribution in [0.1, 0.15) is 42.5 Å². The summed E-state index contributed by atoms with van der Waals surface area (Å²) in [5.41, 5.74) is 1.23. The molecule has 1 aliphatic carbocycles. The molecule has 2 fully saturated rings. The average Bonchev–Trinajstić information content (AvgIpc) is 3.34. The standard InChI is InChI=1S/C18H21N5O3/c1-26-18(25)16-10-12-5-2-3-8-15(12)23(16)17(24)13-6-4-7-14(9-13)22-11-19-20-21-22/h4,6-7,9,11-12,15-16H,2-3,5,8,10H2,1H3. The monoisotopic (exact) mass is 355 g/mol. The minimum atomic E-state index is -0.503. The van der Waals surface area contributed by atoms with Crippen LogP contribution in [0.5, 0.6) is 0 Å². The zero-order valence-corrected chi connectivity index (χ0v) is 14.6. The molecule has 1 saturated carbocycles. The van der Waals surface area contributed by atoms with E-state index in [4.69, 9.17) is 4.74 Å². The van der Waals surface area contributed by atoms with Crippen LogP contribution in [0.3, 0.4) is 0 Å². The maximum Gasteiger partial charge on any atom is 0.328 e. The number of nitrogens with zero attached hydrogens (tertiary/aromatic N) is 5. The number of hydrogen-bond acceptors (Lipinski definition) is 6. The lowest BCUT2D eigenvalue weighted by Crippen LogP contribution is -2.46. The molecular formula is C18H21N5O3. The minimum Gasteiger partial charge on any atom is -0.467 e. The normalized spacial score (nSPS) is 25.0. The van der Waals surface area contributed by atoms with Crippen molar-refractivity contribution in [1.82, 2.24) is 25.1 Å². The Kier molecular flexibility index (Phi) is 4.40. The first-order valence-electron chi connectivity index (χ1n) is 8.93. The highest BCUT2D eigenvalue weighted by molar-refractivity contribution is 5.98. The third-order valence-corrected chi connectivity index (χ3v) is 5.50. The number of amides is 1. The first kappa shape index (κ1) is 16.7. The number of carbonyl (C=O) groups excluding carboxylic acids is 2. The summed E-state index contributed by atoms with van der Waals surface area (Å²) in [5, 5.41) is 11.1. The van der Waals surface area contributed by atoms with Crippen LogP contribution >= 0.6 is 0 Å². The Hall–Kier alpha value is -2.77. The molecule has 4 rings (SSSR count). The van der Waals surface area contributed by atoms with Gasteiger partial charge in [-0.05, 0) is 53.8 Å². The zero-order valence-electron chi connectivity index (χ0n) is 14.6. The van der Waals surface area contributed by atoms with Gasteiger partial charge in [-0.25, -0.2) is 9.48 Å². The molecule has 1 aromatic heterocycles. The van der Waals surface area contributed by atoms with Crippen molar-refractivity contribution in [2.45, 2.75) is 44.2 Å². The molecule has 8 heteroatoms. The second kappa shape index (κ2) is 6.86. The molecule has 3 unspecified atom stereocenters. The van der Waals surface area contributed by atoms with Crippen molar-refractivity contribution in [1.29, 1.82) is 0 Å². The van der Waals surface area contributed by atoms with Crippen molar-refractivity contribution in [2.75, 3.05) is 7.11 Å². The van der Waals surface area contributed by atoms with Crippen molar-refractivity contribution in [3.05, 3.63) is 36.2 Å². The van der Waals surface area contributed by atoms with Crippen LogP contribution in [0.4, 0.5) is 0 Å². The summed E-state index contributed by atoms with van der Waals surface area (Å²) in [7, 11) is 1.38. The van der Waals surface area contributed by atoms with E-state index in [-0.39, 0.29) is 17.9 Å². The van der Waals surface area contributed by atoms with E-state index in [1.807, 2.05) is 6.07 Å². The second-order valence-corrected chi connectivity index (χ2v) is 6.90. The van der Waals surface area contributed by atoms with Crippen LogP contribution in [0.15, 0.2) is 30.6 Å². The van der Waals surface area contributed by atoms with Crippen molar-refractivity contribution in [3.63, 3.8) is 0 Å². The van der Waals surface area contributed by atoms with Gasteiger partial charge < -0.3 is 9.64 Å². The fourth-order valence-corrected chi connectivity index (χ4v) is 4.31. The van der Waals surface area contributed by atoms with E-state index in [0.717, 1.165) is 25.7 Å². The number of rotatable bonds is 3. The molecule has 136 valence electrons. The predicted octanol–water partition coefficient (Wildman–Crippen LogP) is 1.61. The molecule has 3 atom stereocenters. The predicted molar refractivity (Wildman–Crippen MR) is 91.5 cm³/mol. The lowest BCUT2D eigenvalue weighted by Gasteiger charge is -2.33. The number of fused-ring (bicyclic) bond motifs is 1. The highest BCUT2D eigenvalue weighted by Crippen LogP contribution is 2.40. The van der Waals surface area contributed by atoms with Gasteiger partial charge in [0.25, 0.3) is 5.91 Å². The number of aromatic nitrogens is 4. The summed E-state index contributed by atoms with van der Waals surface area (Å²) < 4.78 is 6.48. The molecule has 2 heterocycles. The summed E-state index contributed by atoms with van der Waals surface area (Å²) in [6.07, 6.45) is 6.42. The Balaban J connectivity index is 1.66. The quantitative estimate of drug-likeness (QED) is 0.777. The molecule has 2 aromatic rings. The van der Waals surface area contributed by atoms with Crippen LogP contribution in [0.25, 0.3) is 5.69 Å². The fourth-order valence-electron chi connectivity index (χ4n) is 4.31. The van der Waals surface area contributed by atoms with Gasteiger partial charge in [-0.3, -0.25) is 4.79 Å². The summed E-state index contributed by atoms with van der Waals surface area (Å²) in [6.45, 7) is 0. The number of esters is 1. The molecule has 0 bridgehead atoms. The largest absolute Gasteiger partial charge is 0.467 e. The molecule has 1 aromatic carbocycles. The first-order valence-corrected chi connectivity index (χ1v) is 8.93. The fraction of sp³-hybridized carbons (Fsp3) is 0.500. The van der Waals surface area contributed by atoms with E-state index < -0.39 is 6.04 Å². The van der Waals surface area contributed by atoms with Gasteiger partial charge in [-0.1, -0.05) is 18.9 Å². The maximum absolute atomic E-state index is 13.3. The third kappa shape index (κ3) is 2.85. The van der Waals surface area contributed by atoms with Crippen molar-refractivity contribution in [2.24, 2.45) is 5.92 Å². The molecule has 2 aliphatic rings. The highest BCUT2D eigenvalue weighted by atomic mass is 16.5. The van der Waals surface area contributed by atoms with Crippen LogP contribution < -0.4 is 0 Å². The lowest BCUT2D eigenvalue weighted by molar-refractivity contribution is -0.145. The molecule has 0 radical (unpaired) electrons. The van der Waals surface area contributed by atoms with Crippen molar-refractivity contribution >= 4 is 11.9 Å². The van der Waals surface area contributed by atoms with E-state index in [9.17, 15) is 9.59 Å². The maximum atomic E-state index is 13.3. The number of methoxy groups -OCH3 is 1. The number of ether oxygens (including phenoxy) is 1. The summed E-state index contributed by atoms with van der Waals surface area (Å²) >= 11 is 0. The molecular weight excluding hydrogens is 334 g/mol. The average molecular weight is 355 g/mol. The first-order chi connectivity index (χ1) is 12.7. The Bertz CT molecular complexity index is 807. The molecule has 1 aliphatic heterocycles. The van der Waals surface area contributed by atoms with Gasteiger partial charge in [0.05, 0.1) is 12.8 Å². The van der Waals surface area contributed by atoms with Gasteiger partial charge in [0.15, 0.2) is 0 Å². The molecule has 8 nitrogen and oxygen atoms in total. The summed E-state index contributed by atoms with van der Waals surface area (Å²) in [5.74, 6) is -0.0893. The topological polar surface area (TPSA) is 90.2 Å². The molecule has 1 amide bonds. The number of likely N-dealkylation sites (tertiary alicyclic amines) is 1. The lowest BCUT2D eigenvalue weighted by atomic mass is 9.84. The molecule has 26 heavy (non-hydrogen) atoms. The van der Waals surface area contributed by atoms with Gasteiger partial charge in [0.2, 0.25) is 0 Å². The molecule has 0 spiro atoms. The third-order valence-electron chi connectivity index (χ3n) is 5.50. The van der Waals surface area contributed by atoms with Gasteiger partial charge in [0.1, 0.15) is 12.4 Å². The van der Waals surface area contributed by atoms with E-state index in [1.165, 1.54) is 18.1 Å². The Morgan fingerprint density at radius 3 is 2.85 bits per heavy atom. The van der Waals surface area contributed by atoms with Crippen LogP contribution in [-0.2, 0) is 9.53 Å². The smallest absolute Gasteiger partial charge is 0.328 e. The number of benzene rings is 1. The minimum absolute atomic E-state index is 0.108. The molecule has 1 saturated heterocycles.